The van der Waals surface area contributed by atoms with Crippen molar-refractivity contribution in [3.05, 3.63) is 29.0 Å². The van der Waals surface area contributed by atoms with Crippen LogP contribution in [0.25, 0.3) is 11.0 Å². The molecule has 0 saturated carbocycles. The summed E-state index contributed by atoms with van der Waals surface area (Å²) in [5.74, 6) is 1.09. The average molecular weight is 195 g/mol. The van der Waals surface area contributed by atoms with Gasteiger partial charge in [-0.1, -0.05) is 18.5 Å². The van der Waals surface area contributed by atoms with Gasteiger partial charge < -0.3 is 4.57 Å². The maximum Gasteiger partial charge on any atom is 0.109 e. The molecule has 1 aromatic carbocycles. The highest BCUT2D eigenvalue weighted by atomic mass is 35.5. The Kier molecular flexibility index (Phi) is 2.00. The van der Waals surface area contributed by atoms with Crippen molar-refractivity contribution >= 4 is 22.6 Å². The molecule has 68 valence electrons. The molecule has 0 aliphatic carbocycles. The van der Waals surface area contributed by atoms with E-state index in [1.807, 2.05) is 25.2 Å². The molecule has 1 aromatic heterocycles. The van der Waals surface area contributed by atoms with Crippen LogP contribution in [-0.2, 0) is 13.5 Å². The third kappa shape index (κ3) is 1.31. The van der Waals surface area contributed by atoms with Gasteiger partial charge in [-0.25, -0.2) is 4.98 Å². The van der Waals surface area contributed by atoms with E-state index in [1.165, 1.54) is 0 Å². The zero-order valence-corrected chi connectivity index (χ0v) is 8.47. The fourth-order valence-corrected chi connectivity index (χ4v) is 1.71. The van der Waals surface area contributed by atoms with E-state index in [4.69, 9.17) is 11.6 Å². The van der Waals surface area contributed by atoms with Crippen LogP contribution in [-0.4, -0.2) is 9.55 Å². The predicted octanol–water partition coefficient (Wildman–Crippen LogP) is 2.79. The molecular formula is C10H11ClN2. The van der Waals surface area contributed by atoms with Crippen LogP contribution in [0.4, 0.5) is 0 Å². The minimum atomic E-state index is 0.744. The fraction of sp³-hybridized carbons (Fsp3) is 0.300. The van der Waals surface area contributed by atoms with E-state index in [2.05, 4.69) is 16.5 Å². The summed E-state index contributed by atoms with van der Waals surface area (Å²) in [5, 5.41) is 0.744. The van der Waals surface area contributed by atoms with Gasteiger partial charge in [0, 0.05) is 18.5 Å². The number of hydrogen-bond donors (Lipinski definition) is 0. The van der Waals surface area contributed by atoms with Crippen molar-refractivity contribution in [2.24, 2.45) is 7.05 Å². The van der Waals surface area contributed by atoms with Gasteiger partial charge in [0.2, 0.25) is 0 Å². The second-order valence-electron chi connectivity index (χ2n) is 3.07. The Morgan fingerprint density at radius 2 is 2.23 bits per heavy atom. The summed E-state index contributed by atoms with van der Waals surface area (Å²) in [4.78, 5) is 4.47. The highest BCUT2D eigenvalue weighted by molar-refractivity contribution is 6.31. The number of aromatic nitrogens is 2. The van der Waals surface area contributed by atoms with Crippen LogP contribution in [0.1, 0.15) is 12.7 Å². The minimum Gasteiger partial charge on any atom is -0.331 e. The van der Waals surface area contributed by atoms with E-state index in [-0.39, 0.29) is 0 Å². The third-order valence-corrected chi connectivity index (χ3v) is 2.49. The lowest BCUT2D eigenvalue weighted by Crippen LogP contribution is -1.94. The van der Waals surface area contributed by atoms with Crippen molar-refractivity contribution in [3.8, 4) is 0 Å². The van der Waals surface area contributed by atoms with Gasteiger partial charge in [0.05, 0.1) is 11.0 Å². The molecule has 0 bridgehead atoms. The Labute approximate surface area is 82.1 Å². The molecule has 1 heterocycles. The minimum absolute atomic E-state index is 0.744. The SMILES string of the molecule is CCc1nc2cc(Cl)ccc2n1C. The van der Waals surface area contributed by atoms with E-state index in [0.717, 1.165) is 28.3 Å². The molecule has 0 N–H and O–H groups in total. The van der Waals surface area contributed by atoms with Crippen molar-refractivity contribution < 1.29 is 0 Å². The Balaban J connectivity index is 2.76. The Morgan fingerprint density at radius 1 is 1.46 bits per heavy atom. The van der Waals surface area contributed by atoms with Crippen LogP contribution >= 0.6 is 11.6 Å². The highest BCUT2D eigenvalue weighted by Gasteiger charge is 2.05. The van der Waals surface area contributed by atoms with E-state index in [0.29, 0.717) is 0 Å². The summed E-state index contributed by atoms with van der Waals surface area (Å²) in [5.41, 5.74) is 2.12. The first-order valence-electron chi connectivity index (χ1n) is 4.33. The van der Waals surface area contributed by atoms with Gasteiger partial charge in [-0.05, 0) is 18.2 Å². The lowest BCUT2D eigenvalue weighted by molar-refractivity contribution is 0.829. The quantitative estimate of drug-likeness (QED) is 0.683. The first kappa shape index (κ1) is 8.57. The second kappa shape index (κ2) is 3.04. The number of rotatable bonds is 1. The molecule has 0 aliphatic rings. The summed E-state index contributed by atoms with van der Waals surface area (Å²) in [6.45, 7) is 2.10. The van der Waals surface area contributed by atoms with E-state index < -0.39 is 0 Å². The molecule has 0 amide bonds. The van der Waals surface area contributed by atoms with Crippen molar-refractivity contribution in [2.75, 3.05) is 0 Å². The van der Waals surface area contributed by atoms with Crippen LogP contribution in [0.15, 0.2) is 18.2 Å². The molecule has 0 spiro atoms. The first-order valence-corrected chi connectivity index (χ1v) is 4.71. The van der Waals surface area contributed by atoms with E-state index in [9.17, 15) is 0 Å². The van der Waals surface area contributed by atoms with Crippen molar-refractivity contribution in [1.82, 2.24) is 9.55 Å². The van der Waals surface area contributed by atoms with Crippen molar-refractivity contribution in [2.45, 2.75) is 13.3 Å². The number of imidazole rings is 1. The van der Waals surface area contributed by atoms with Crippen LogP contribution in [0.3, 0.4) is 0 Å². The molecule has 0 aliphatic heterocycles. The van der Waals surface area contributed by atoms with Gasteiger partial charge in [-0.3, -0.25) is 0 Å². The zero-order valence-electron chi connectivity index (χ0n) is 7.71. The monoisotopic (exact) mass is 194 g/mol. The van der Waals surface area contributed by atoms with Crippen molar-refractivity contribution in [1.29, 1.82) is 0 Å². The van der Waals surface area contributed by atoms with Gasteiger partial charge >= 0.3 is 0 Å². The average Bonchev–Trinajstić information content (AvgIpc) is 2.42. The molecule has 3 heteroatoms. The molecule has 2 aromatic rings. The summed E-state index contributed by atoms with van der Waals surface area (Å²) >= 11 is 5.87. The van der Waals surface area contributed by atoms with Crippen LogP contribution in [0, 0.1) is 0 Å². The molecule has 0 unspecified atom stereocenters. The molecule has 0 fully saturated rings. The van der Waals surface area contributed by atoms with E-state index >= 15 is 0 Å². The Bertz CT molecular complexity index is 445. The van der Waals surface area contributed by atoms with Crippen LogP contribution < -0.4 is 0 Å². The summed E-state index contributed by atoms with van der Waals surface area (Å²) < 4.78 is 2.10. The summed E-state index contributed by atoms with van der Waals surface area (Å²) in [6, 6.07) is 5.80. The van der Waals surface area contributed by atoms with Crippen molar-refractivity contribution in [3.63, 3.8) is 0 Å². The van der Waals surface area contributed by atoms with Crippen LogP contribution in [0.5, 0.6) is 0 Å². The lowest BCUT2D eigenvalue weighted by Gasteiger charge is -1.97. The highest BCUT2D eigenvalue weighted by Crippen LogP contribution is 2.19. The third-order valence-electron chi connectivity index (χ3n) is 2.25. The van der Waals surface area contributed by atoms with E-state index in [1.54, 1.807) is 0 Å². The number of fused-ring (bicyclic) bond motifs is 1. The molecule has 0 atom stereocenters. The smallest absolute Gasteiger partial charge is 0.109 e. The molecule has 2 nitrogen and oxygen atoms in total. The number of benzene rings is 1. The topological polar surface area (TPSA) is 17.8 Å². The van der Waals surface area contributed by atoms with Gasteiger partial charge in [0.25, 0.3) is 0 Å². The number of hydrogen-bond acceptors (Lipinski definition) is 1. The molecule has 2 rings (SSSR count). The first-order chi connectivity index (χ1) is 6.22. The molecule has 0 radical (unpaired) electrons. The summed E-state index contributed by atoms with van der Waals surface area (Å²) in [6.07, 6.45) is 0.947. The Morgan fingerprint density at radius 3 is 2.92 bits per heavy atom. The normalized spacial score (nSPS) is 11.0. The second-order valence-corrected chi connectivity index (χ2v) is 3.51. The molecule has 13 heavy (non-hydrogen) atoms. The standard InChI is InChI=1S/C10H11ClN2/c1-3-10-12-8-6-7(11)4-5-9(8)13(10)2/h4-6H,3H2,1-2H3. The molecular weight excluding hydrogens is 184 g/mol. The fourth-order valence-electron chi connectivity index (χ4n) is 1.54. The number of nitrogens with zero attached hydrogens (tertiary/aromatic N) is 2. The van der Waals surface area contributed by atoms with Gasteiger partial charge in [-0.15, -0.1) is 0 Å². The lowest BCUT2D eigenvalue weighted by atomic mass is 10.3. The summed E-state index contributed by atoms with van der Waals surface area (Å²) in [7, 11) is 2.03. The number of aryl methyl sites for hydroxylation is 2. The Hall–Kier alpha value is -1.02. The predicted molar refractivity (Wildman–Crippen MR) is 55.1 cm³/mol. The van der Waals surface area contributed by atoms with Gasteiger partial charge in [0.1, 0.15) is 5.82 Å². The van der Waals surface area contributed by atoms with Crippen LogP contribution in [0.2, 0.25) is 5.02 Å². The largest absolute Gasteiger partial charge is 0.331 e. The maximum absolute atomic E-state index is 5.87. The number of halogens is 1. The van der Waals surface area contributed by atoms with Gasteiger partial charge in [-0.2, -0.15) is 0 Å². The molecule has 0 saturated heterocycles. The maximum atomic E-state index is 5.87. The van der Waals surface area contributed by atoms with Gasteiger partial charge in [0.15, 0.2) is 0 Å². The zero-order chi connectivity index (χ0) is 9.42.